The number of nitrogens with one attached hydrogen (secondary N) is 1. The average molecular weight is 233 g/mol. The van der Waals surface area contributed by atoms with Crippen LogP contribution in [0.1, 0.15) is 24.1 Å². The fraction of sp³-hybridized carbons (Fsp3) is 0.417. The molecule has 1 saturated carbocycles. The molecule has 1 N–H and O–H groups in total. The predicted octanol–water partition coefficient (Wildman–Crippen LogP) is 2.88. The van der Waals surface area contributed by atoms with Crippen LogP contribution in [0.5, 0.6) is 0 Å². The van der Waals surface area contributed by atoms with E-state index in [4.69, 9.17) is 0 Å². The number of hydrogen-bond donors (Lipinski definition) is 1. The SMILES string of the molecule is Cc1cn(Cc2ccsc2)c(NC2CC2)n1. The van der Waals surface area contributed by atoms with Crippen molar-refractivity contribution in [2.45, 2.75) is 32.4 Å². The van der Waals surface area contributed by atoms with E-state index in [0.717, 1.165) is 18.2 Å². The molecule has 0 aliphatic heterocycles. The molecule has 16 heavy (non-hydrogen) atoms. The van der Waals surface area contributed by atoms with E-state index in [1.165, 1.54) is 18.4 Å². The van der Waals surface area contributed by atoms with Crippen LogP contribution in [0.15, 0.2) is 23.0 Å². The first-order valence-electron chi connectivity index (χ1n) is 5.62. The van der Waals surface area contributed by atoms with Crippen LogP contribution < -0.4 is 5.32 Å². The minimum Gasteiger partial charge on any atom is -0.353 e. The lowest BCUT2D eigenvalue weighted by molar-refractivity contribution is 0.799. The van der Waals surface area contributed by atoms with Gasteiger partial charge in [-0.05, 0) is 42.2 Å². The summed E-state index contributed by atoms with van der Waals surface area (Å²) in [5.41, 5.74) is 2.43. The summed E-state index contributed by atoms with van der Waals surface area (Å²) >= 11 is 1.74. The van der Waals surface area contributed by atoms with E-state index < -0.39 is 0 Å². The number of hydrogen-bond acceptors (Lipinski definition) is 3. The fourth-order valence-electron chi connectivity index (χ4n) is 1.77. The Hall–Kier alpha value is -1.29. The third-order valence-corrected chi connectivity index (χ3v) is 3.47. The molecule has 3 rings (SSSR count). The van der Waals surface area contributed by atoms with Gasteiger partial charge in [-0.3, -0.25) is 0 Å². The van der Waals surface area contributed by atoms with Crippen molar-refractivity contribution in [3.05, 3.63) is 34.3 Å². The smallest absolute Gasteiger partial charge is 0.203 e. The van der Waals surface area contributed by atoms with Gasteiger partial charge in [-0.2, -0.15) is 11.3 Å². The maximum atomic E-state index is 4.53. The molecule has 2 aromatic rings. The number of imidazole rings is 1. The Balaban J connectivity index is 1.81. The van der Waals surface area contributed by atoms with Gasteiger partial charge in [0, 0.05) is 12.2 Å². The first-order valence-corrected chi connectivity index (χ1v) is 6.57. The Morgan fingerprint density at radius 3 is 3.12 bits per heavy atom. The topological polar surface area (TPSA) is 29.9 Å². The summed E-state index contributed by atoms with van der Waals surface area (Å²) in [4.78, 5) is 4.53. The van der Waals surface area contributed by atoms with Crippen LogP contribution in [0.2, 0.25) is 0 Å². The van der Waals surface area contributed by atoms with E-state index in [9.17, 15) is 0 Å². The van der Waals surface area contributed by atoms with Crippen molar-refractivity contribution in [2.75, 3.05) is 5.32 Å². The number of aromatic nitrogens is 2. The number of thiophene rings is 1. The quantitative estimate of drug-likeness (QED) is 0.880. The van der Waals surface area contributed by atoms with Crippen molar-refractivity contribution in [1.82, 2.24) is 9.55 Å². The maximum Gasteiger partial charge on any atom is 0.203 e. The Morgan fingerprint density at radius 1 is 1.56 bits per heavy atom. The second kappa shape index (κ2) is 3.94. The van der Waals surface area contributed by atoms with Gasteiger partial charge in [0.25, 0.3) is 0 Å². The standard InChI is InChI=1S/C12H15N3S/c1-9-6-15(7-10-4-5-16-8-10)12(13-9)14-11-2-3-11/h4-6,8,11H,2-3,7H2,1H3,(H,13,14). The molecule has 0 saturated heterocycles. The van der Waals surface area contributed by atoms with Gasteiger partial charge in [0.15, 0.2) is 0 Å². The highest BCUT2D eigenvalue weighted by atomic mass is 32.1. The minimum atomic E-state index is 0.656. The lowest BCUT2D eigenvalue weighted by Crippen LogP contribution is -2.09. The third kappa shape index (κ3) is 2.11. The van der Waals surface area contributed by atoms with Gasteiger partial charge < -0.3 is 9.88 Å². The summed E-state index contributed by atoms with van der Waals surface area (Å²) in [6.45, 7) is 2.96. The van der Waals surface area contributed by atoms with Gasteiger partial charge in [0.2, 0.25) is 5.95 Å². The molecule has 84 valence electrons. The Bertz CT molecular complexity index is 468. The van der Waals surface area contributed by atoms with Crippen LogP contribution in [0, 0.1) is 6.92 Å². The molecule has 2 heterocycles. The van der Waals surface area contributed by atoms with Crippen LogP contribution in [0.25, 0.3) is 0 Å². The van der Waals surface area contributed by atoms with Gasteiger partial charge in [-0.15, -0.1) is 0 Å². The monoisotopic (exact) mass is 233 g/mol. The molecular weight excluding hydrogens is 218 g/mol. The Labute approximate surface area is 99.1 Å². The van der Waals surface area contributed by atoms with Gasteiger partial charge in [-0.25, -0.2) is 4.98 Å². The van der Waals surface area contributed by atoms with Crippen molar-refractivity contribution in [2.24, 2.45) is 0 Å². The van der Waals surface area contributed by atoms with Crippen LogP contribution >= 0.6 is 11.3 Å². The summed E-state index contributed by atoms with van der Waals surface area (Å²) in [6.07, 6.45) is 4.68. The molecule has 0 unspecified atom stereocenters. The molecule has 1 aliphatic rings. The van der Waals surface area contributed by atoms with E-state index in [2.05, 4.69) is 37.9 Å². The summed E-state index contributed by atoms with van der Waals surface area (Å²) in [6, 6.07) is 2.82. The molecule has 1 fully saturated rings. The highest BCUT2D eigenvalue weighted by Crippen LogP contribution is 2.24. The van der Waals surface area contributed by atoms with Crippen LogP contribution in [-0.4, -0.2) is 15.6 Å². The molecule has 0 aromatic carbocycles. The van der Waals surface area contributed by atoms with Gasteiger partial charge in [-0.1, -0.05) is 0 Å². The molecular formula is C12H15N3S. The number of nitrogens with zero attached hydrogens (tertiary/aromatic N) is 2. The zero-order valence-corrected chi connectivity index (χ0v) is 10.1. The molecule has 0 spiro atoms. The Kier molecular flexibility index (Phi) is 2.44. The summed E-state index contributed by atoms with van der Waals surface area (Å²) in [5, 5.41) is 7.78. The molecule has 0 radical (unpaired) electrons. The van der Waals surface area contributed by atoms with Gasteiger partial charge in [0.05, 0.1) is 12.2 Å². The number of aryl methyl sites for hydroxylation is 1. The van der Waals surface area contributed by atoms with E-state index in [-0.39, 0.29) is 0 Å². The molecule has 4 heteroatoms. The second-order valence-electron chi connectivity index (χ2n) is 4.38. The summed E-state index contributed by atoms with van der Waals surface area (Å²) in [5.74, 6) is 1.02. The average Bonchev–Trinajstić information content (AvgIpc) is 2.79. The van der Waals surface area contributed by atoms with E-state index in [1.54, 1.807) is 11.3 Å². The second-order valence-corrected chi connectivity index (χ2v) is 5.16. The molecule has 0 amide bonds. The largest absolute Gasteiger partial charge is 0.353 e. The normalized spacial score (nSPS) is 15.3. The van der Waals surface area contributed by atoms with Crippen LogP contribution in [0.4, 0.5) is 5.95 Å². The molecule has 0 atom stereocenters. The summed E-state index contributed by atoms with van der Waals surface area (Å²) in [7, 11) is 0. The van der Waals surface area contributed by atoms with Gasteiger partial charge >= 0.3 is 0 Å². The zero-order chi connectivity index (χ0) is 11.0. The fourth-order valence-corrected chi connectivity index (χ4v) is 2.43. The van der Waals surface area contributed by atoms with E-state index in [1.807, 2.05) is 6.92 Å². The summed E-state index contributed by atoms with van der Waals surface area (Å²) < 4.78 is 2.20. The number of rotatable bonds is 4. The first-order chi connectivity index (χ1) is 7.81. The van der Waals surface area contributed by atoms with E-state index in [0.29, 0.717) is 6.04 Å². The van der Waals surface area contributed by atoms with Crippen LogP contribution in [-0.2, 0) is 6.54 Å². The van der Waals surface area contributed by atoms with Crippen molar-refractivity contribution < 1.29 is 0 Å². The predicted molar refractivity (Wildman–Crippen MR) is 67.0 cm³/mol. The molecule has 1 aliphatic carbocycles. The molecule has 0 bridgehead atoms. The minimum absolute atomic E-state index is 0.656. The highest BCUT2D eigenvalue weighted by molar-refractivity contribution is 7.07. The van der Waals surface area contributed by atoms with E-state index >= 15 is 0 Å². The van der Waals surface area contributed by atoms with Crippen molar-refractivity contribution in [3.63, 3.8) is 0 Å². The highest BCUT2D eigenvalue weighted by Gasteiger charge is 2.22. The number of anilines is 1. The Morgan fingerprint density at radius 2 is 2.44 bits per heavy atom. The third-order valence-electron chi connectivity index (χ3n) is 2.74. The van der Waals surface area contributed by atoms with Crippen molar-refractivity contribution >= 4 is 17.3 Å². The molecule has 3 nitrogen and oxygen atoms in total. The lowest BCUT2D eigenvalue weighted by Gasteiger charge is -2.07. The zero-order valence-electron chi connectivity index (χ0n) is 9.31. The first kappa shape index (κ1) is 9.90. The van der Waals surface area contributed by atoms with Crippen molar-refractivity contribution in [1.29, 1.82) is 0 Å². The lowest BCUT2D eigenvalue weighted by atomic mass is 10.3. The van der Waals surface area contributed by atoms with Gasteiger partial charge in [0.1, 0.15) is 0 Å². The molecule has 2 aromatic heterocycles. The van der Waals surface area contributed by atoms with Crippen molar-refractivity contribution in [3.8, 4) is 0 Å². The maximum absolute atomic E-state index is 4.53. The van der Waals surface area contributed by atoms with Crippen LogP contribution in [0.3, 0.4) is 0 Å².